The number of aromatic nitrogens is 3. The van der Waals surface area contributed by atoms with Gasteiger partial charge in [0, 0.05) is 44.7 Å². The molecular formula is C18H23F2N5O4S. The van der Waals surface area contributed by atoms with Crippen LogP contribution < -0.4 is 0 Å². The van der Waals surface area contributed by atoms with Crippen molar-refractivity contribution in [3.63, 3.8) is 0 Å². The van der Waals surface area contributed by atoms with E-state index in [1.165, 1.54) is 28.6 Å². The zero-order valence-corrected chi connectivity index (χ0v) is 17.2. The fourth-order valence-corrected chi connectivity index (χ4v) is 5.03. The first-order chi connectivity index (χ1) is 14.1. The van der Waals surface area contributed by atoms with Crippen molar-refractivity contribution in [3.05, 3.63) is 48.1 Å². The summed E-state index contributed by atoms with van der Waals surface area (Å²) < 4.78 is 55.9. The van der Waals surface area contributed by atoms with Gasteiger partial charge in [-0.2, -0.15) is 9.40 Å². The second kappa shape index (κ2) is 8.74. The SMILES string of the molecule is CC(=O)N1CCN(S(=O)(=O)CCC(O)(Cn2cncn2)c2ccc(F)cc2F)CC1. The molecule has 3 rings (SSSR count). The molecule has 164 valence electrons. The fraction of sp³-hybridized carbons (Fsp3) is 0.500. The van der Waals surface area contributed by atoms with Crippen molar-refractivity contribution >= 4 is 15.9 Å². The number of rotatable bonds is 7. The van der Waals surface area contributed by atoms with Gasteiger partial charge in [0.25, 0.3) is 0 Å². The Morgan fingerprint density at radius 1 is 1.23 bits per heavy atom. The maximum Gasteiger partial charge on any atom is 0.219 e. The van der Waals surface area contributed by atoms with Gasteiger partial charge in [-0.15, -0.1) is 0 Å². The number of carbonyl (C=O) groups is 1. The minimum absolute atomic E-state index is 0.124. The lowest BCUT2D eigenvalue weighted by Gasteiger charge is -2.34. The molecule has 1 unspecified atom stereocenters. The maximum absolute atomic E-state index is 14.4. The summed E-state index contributed by atoms with van der Waals surface area (Å²) >= 11 is 0. The number of hydrogen-bond donors (Lipinski definition) is 1. The normalized spacial score (nSPS) is 17.7. The van der Waals surface area contributed by atoms with Crippen LogP contribution >= 0.6 is 0 Å². The quantitative estimate of drug-likeness (QED) is 0.661. The molecule has 1 atom stereocenters. The number of halogens is 2. The molecule has 9 nitrogen and oxygen atoms in total. The van der Waals surface area contributed by atoms with Crippen molar-refractivity contribution in [2.75, 3.05) is 31.9 Å². The van der Waals surface area contributed by atoms with Crippen LogP contribution in [0.5, 0.6) is 0 Å². The fourth-order valence-electron chi connectivity index (χ4n) is 3.46. The Morgan fingerprint density at radius 2 is 1.93 bits per heavy atom. The molecular weight excluding hydrogens is 420 g/mol. The van der Waals surface area contributed by atoms with E-state index in [0.29, 0.717) is 6.07 Å². The van der Waals surface area contributed by atoms with E-state index >= 15 is 0 Å². The van der Waals surface area contributed by atoms with Crippen molar-refractivity contribution < 1.29 is 27.1 Å². The van der Waals surface area contributed by atoms with Crippen LogP contribution in [0.3, 0.4) is 0 Å². The van der Waals surface area contributed by atoms with Gasteiger partial charge in [0.1, 0.15) is 29.9 Å². The van der Waals surface area contributed by atoms with Crippen LogP contribution in [0, 0.1) is 11.6 Å². The van der Waals surface area contributed by atoms with E-state index in [2.05, 4.69) is 10.1 Å². The molecule has 1 aromatic heterocycles. The number of carbonyl (C=O) groups excluding carboxylic acids is 1. The van der Waals surface area contributed by atoms with Gasteiger partial charge in [-0.1, -0.05) is 6.07 Å². The van der Waals surface area contributed by atoms with Crippen LogP contribution in [-0.4, -0.2) is 75.3 Å². The van der Waals surface area contributed by atoms with Gasteiger partial charge in [-0.3, -0.25) is 4.79 Å². The highest BCUT2D eigenvalue weighted by Crippen LogP contribution is 2.31. The van der Waals surface area contributed by atoms with Gasteiger partial charge in [0.15, 0.2) is 0 Å². The van der Waals surface area contributed by atoms with E-state index in [0.717, 1.165) is 12.1 Å². The third-order valence-electron chi connectivity index (χ3n) is 5.17. The highest BCUT2D eigenvalue weighted by atomic mass is 32.2. The van der Waals surface area contributed by atoms with E-state index in [1.807, 2.05) is 0 Å². The predicted molar refractivity (Wildman–Crippen MR) is 103 cm³/mol. The molecule has 1 saturated heterocycles. The van der Waals surface area contributed by atoms with Gasteiger partial charge in [0.05, 0.1) is 12.3 Å². The van der Waals surface area contributed by atoms with Gasteiger partial charge < -0.3 is 10.0 Å². The topological polar surface area (TPSA) is 109 Å². The average molecular weight is 443 g/mol. The third kappa shape index (κ3) is 4.99. The van der Waals surface area contributed by atoms with Crippen LogP contribution in [0.25, 0.3) is 0 Å². The standard InChI is InChI=1S/C18H23F2N5O4S/c1-14(26)23-5-7-25(8-6-23)30(28,29)9-4-18(27,11-24-13-21-12-22-24)16-3-2-15(19)10-17(16)20/h2-3,10,12-13,27H,4-9,11H2,1H3. The van der Waals surface area contributed by atoms with E-state index in [1.54, 1.807) is 4.90 Å². The molecule has 1 aliphatic heterocycles. The minimum Gasteiger partial charge on any atom is -0.383 e. The van der Waals surface area contributed by atoms with Crippen LogP contribution in [0.2, 0.25) is 0 Å². The number of aliphatic hydroxyl groups is 1. The minimum atomic E-state index is -3.78. The van der Waals surface area contributed by atoms with E-state index < -0.39 is 33.0 Å². The van der Waals surface area contributed by atoms with Gasteiger partial charge in [-0.25, -0.2) is 26.9 Å². The van der Waals surface area contributed by atoms with Crippen molar-refractivity contribution in [1.29, 1.82) is 0 Å². The number of piperazine rings is 1. The van der Waals surface area contributed by atoms with E-state index in [-0.39, 0.29) is 50.6 Å². The van der Waals surface area contributed by atoms with Crippen molar-refractivity contribution in [3.8, 4) is 0 Å². The number of sulfonamides is 1. The van der Waals surface area contributed by atoms with Crippen molar-refractivity contribution in [2.24, 2.45) is 0 Å². The summed E-state index contributed by atoms with van der Waals surface area (Å²) in [5.74, 6) is -2.38. The Kier molecular flexibility index (Phi) is 6.48. The maximum atomic E-state index is 14.4. The largest absolute Gasteiger partial charge is 0.383 e. The molecule has 0 bridgehead atoms. The Hall–Kier alpha value is -2.44. The molecule has 0 saturated carbocycles. The molecule has 1 aromatic carbocycles. The summed E-state index contributed by atoms with van der Waals surface area (Å²) in [5, 5.41) is 15.1. The number of hydrogen-bond acceptors (Lipinski definition) is 6. The van der Waals surface area contributed by atoms with Gasteiger partial charge >= 0.3 is 0 Å². The average Bonchev–Trinajstić information content (AvgIpc) is 3.19. The first kappa shape index (κ1) is 22.2. The highest BCUT2D eigenvalue weighted by molar-refractivity contribution is 7.89. The summed E-state index contributed by atoms with van der Waals surface area (Å²) in [6.45, 7) is 2.02. The summed E-state index contributed by atoms with van der Waals surface area (Å²) in [5.41, 5.74) is -2.18. The second-order valence-electron chi connectivity index (χ2n) is 7.22. The monoisotopic (exact) mass is 443 g/mol. The zero-order valence-electron chi connectivity index (χ0n) is 16.4. The molecule has 0 radical (unpaired) electrons. The summed E-state index contributed by atoms with van der Waals surface area (Å²) in [6.07, 6.45) is 2.19. The van der Waals surface area contributed by atoms with Gasteiger partial charge in [-0.05, 0) is 12.5 Å². The van der Waals surface area contributed by atoms with Crippen LogP contribution in [0.1, 0.15) is 18.9 Å². The van der Waals surface area contributed by atoms with Crippen molar-refractivity contribution in [2.45, 2.75) is 25.5 Å². The van der Waals surface area contributed by atoms with Crippen molar-refractivity contribution in [1.82, 2.24) is 24.0 Å². The molecule has 0 spiro atoms. The molecule has 2 heterocycles. The van der Waals surface area contributed by atoms with Crippen LogP contribution in [0.4, 0.5) is 8.78 Å². The number of amides is 1. The summed E-state index contributed by atoms with van der Waals surface area (Å²) in [7, 11) is -3.78. The summed E-state index contributed by atoms with van der Waals surface area (Å²) in [6, 6.07) is 2.73. The zero-order chi connectivity index (χ0) is 21.9. The second-order valence-corrected chi connectivity index (χ2v) is 9.31. The smallest absolute Gasteiger partial charge is 0.219 e. The Morgan fingerprint density at radius 3 is 2.50 bits per heavy atom. The summed E-state index contributed by atoms with van der Waals surface area (Å²) in [4.78, 5) is 16.8. The lowest BCUT2D eigenvalue weighted by Crippen LogP contribution is -2.51. The van der Waals surface area contributed by atoms with Gasteiger partial charge in [0.2, 0.25) is 15.9 Å². The highest BCUT2D eigenvalue weighted by Gasteiger charge is 2.37. The molecule has 1 N–H and O–H groups in total. The Bertz CT molecular complexity index is 994. The molecule has 12 heteroatoms. The number of benzene rings is 1. The molecule has 2 aromatic rings. The molecule has 0 aliphatic carbocycles. The molecule has 1 fully saturated rings. The predicted octanol–water partition coefficient (Wildman–Crippen LogP) is 0.328. The lowest BCUT2D eigenvalue weighted by molar-refractivity contribution is -0.129. The molecule has 1 aliphatic rings. The first-order valence-corrected chi connectivity index (χ1v) is 11.0. The third-order valence-corrected chi connectivity index (χ3v) is 7.05. The van der Waals surface area contributed by atoms with E-state index in [9.17, 15) is 27.1 Å². The lowest BCUT2D eigenvalue weighted by atomic mass is 9.90. The number of nitrogens with zero attached hydrogens (tertiary/aromatic N) is 5. The Balaban J connectivity index is 1.79. The van der Waals surface area contributed by atoms with E-state index in [4.69, 9.17) is 0 Å². The Labute approximate surface area is 173 Å². The molecule has 1 amide bonds. The van der Waals surface area contributed by atoms with Crippen LogP contribution in [-0.2, 0) is 27.0 Å². The molecule has 30 heavy (non-hydrogen) atoms. The first-order valence-electron chi connectivity index (χ1n) is 9.34. The van der Waals surface area contributed by atoms with Crippen LogP contribution in [0.15, 0.2) is 30.9 Å².